The lowest BCUT2D eigenvalue weighted by atomic mass is 10.2. The average molecular weight is 411 g/mol. The summed E-state index contributed by atoms with van der Waals surface area (Å²) in [5.74, 6) is 0.0336. The predicted molar refractivity (Wildman–Crippen MR) is 98.2 cm³/mol. The number of thiazole rings is 1. The Hall–Kier alpha value is -2.49. The number of rotatable bonds is 5. The summed E-state index contributed by atoms with van der Waals surface area (Å²) < 4.78 is 29.9. The van der Waals surface area contributed by atoms with Crippen molar-refractivity contribution < 1.29 is 17.5 Å². The number of nitrogens with zero attached hydrogens (tertiary/aromatic N) is 2. The molecule has 0 radical (unpaired) electrons. The lowest BCUT2D eigenvalue weighted by Crippen LogP contribution is -2.12. The smallest absolute Gasteiger partial charge is 0.346 e. The van der Waals surface area contributed by atoms with E-state index in [0.29, 0.717) is 0 Å². The van der Waals surface area contributed by atoms with Gasteiger partial charge in [-0.25, -0.2) is 4.98 Å². The van der Waals surface area contributed by atoms with Gasteiger partial charge in [0, 0.05) is 27.7 Å². The number of aromatic nitrogens is 1. The number of hydrogen-bond donors (Lipinski definition) is 0. The summed E-state index contributed by atoms with van der Waals surface area (Å²) in [5.41, 5.74) is 1.06. The molecule has 0 amide bonds. The Labute approximate surface area is 158 Å². The Kier molecular flexibility index (Phi) is 4.94. The lowest BCUT2D eigenvalue weighted by Gasteiger charge is -2.08. The molecule has 1 aromatic heterocycles. The first-order chi connectivity index (χ1) is 12.3. The minimum Gasteiger partial charge on any atom is -0.379 e. The summed E-state index contributed by atoms with van der Waals surface area (Å²) in [5, 5.41) is 13.9. The van der Waals surface area contributed by atoms with E-state index in [1.165, 1.54) is 29.5 Å². The van der Waals surface area contributed by atoms with E-state index in [2.05, 4.69) is 4.98 Å². The average Bonchev–Trinajstić information content (AvgIpc) is 3.01. The van der Waals surface area contributed by atoms with Gasteiger partial charge in [0.05, 0.1) is 4.92 Å². The third-order valence-corrected chi connectivity index (χ3v) is 5.85. The molecule has 0 bridgehead atoms. The van der Waals surface area contributed by atoms with Crippen LogP contribution in [0.1, 0.15) is 5.69 Å². The molecular weight excluding hydrogens is 400 g/mol. The van der Waals surface area contributed by atoms with Gasteiger partial charge < -0.3 is 4.18 Å². The Morgan fingerprint density at radius 3 is 2.46 bits per heavy atom. The fourth-order valence-electron chi connectivity index (χ4n) is 2.16. The molecule has 0 fully saturated rings. The number of aryl methyl sites for hydroxylation is 1. The molecule has 1 heterocycles. The molecule has 3 aromatic rings. The van der Waals surface area contributed by atoms with Crippen molar-refractivity contribution in [1.29, 1.82) is 0 Å². The number of halogens is 1. The zero-order valence-corrected chi connectivity index (χ0v) is 15.6. The summed E-state index contributed by atoms with van der Waals surface area (Å²) in [4.78, 5) is 14.1. The van der Waals surface area contributed by atoms with Gasteiger partial charge in [-0.2, -0.15) is 8.42 Å². The quantitative estimate of drug-likeness (QED) is 0.350. The van der Waals surface area contributed by atoms with Gasteiger partial charge >= 0.3 is 10.1 Å². The largest absolute Gasteiger partial charge is 0.379 e. The van der Waals surface area contributed by atoms with Crippen molar-refractivity contribution in [3.63, 3.8) is 0 Å². The standard InChI is InChI=1S/C16H11ClN2O5S2/c1-10-9-25-16(18-10)11-2-5-13(6-3-11)24-26(22,23)15-7-4-12(17)8-14(15)19(20)21/h2-9H,1H3. The van der Waals surface area contributed by atoms with E-state index in [1.54, 1.807) is 12.1 Å². The molecule has 0 aliphatic rings. The van der Waals surface area contributed by atoms with Crippen LogP contribution >= 0.6 is 22.9 Å². The van der Waals surface area contributed by atoms with Crippen LogP contribution in [0, 0.1) is 17.0 Å². The highest BCUT2D eigenvalue weighted by molar-refractivity contribution is 7.87. The van der Waals surface area contributed by atoms with E-state index in [-0.39, 0.29) is 10.8 Å². The molecule has 7 nitrogen and oxygen atoms in total. The highest BCUT2D eigenvalue weighted by Gasteiger charge is 2.28. The molecule has 0 aliphatic heterocycles. The van der Waals surface area contributed by atoms with E-state index < -0.39 is 25.6 Å². The Morgan fingerprint density at radius 2 is 1.88 bits per heavy atom. The summed E-state index contributed by atoms with van der Waals surface area (Å²) in [6, 6.07) is 9.52. The summed E-state index contributed by atoms with van der Waals surface area (Å²) >= 11 is 7.17. The second kappa shape index (κ2) is 7.02. The summed E-state index contributed by atoms with van der Waals surface area (Å²) in [6.45, 7) is 1.88. The van der Waals surface area contributed by atoms with Crippen molar-refractivity contribution in [2.24, 2.45) is 0 Å². The Balaban J connectivity index is 1.90. The minimum absolute atomic E-state index is 0.0336. The van der Waals surface area contributed by atoms with E-state index in [9.17, 15) is 18.5 Å². The Bertz CT molecular complexity index is 1080. The fourth-order valence-corrected chi connectivity index (χ4v) is 4.20. The second-order valence-electron chi connectivity index (χ2n) is 5.23. The van der Waals surface area contributed by atoms with Gasteiger partial charge in [0.1, 0.15) is 10.8 Å². The normalized spacial score (nSPS) is 11.3. The van der Waals surface area contributed by atoms with Gasteiger partial charge in [-0.3, -0.25) is 10.1 Å². The zero-order chi connectivity index (χ0) is 18.9. The molecule has 0 saturated carbocycles. The molecule has 0 N–H and O–H groups in total. The third-order valence-electron chi connectivity index (χ3n) is 3.31. The number of nitro benzene ring substituents is 1. The van der Waals surface area contributed by atoms with Crippen LogP contribution < -0.4 is 4.18 Å². The van der Waals surface area contributed by atoms with Crippen molar-refractivity contribution in [2.45, 2.75) is 11.8 Å². The molecule has 10 heteroatoms. The molecule has 0 saturated heterocycles. The molecule has 2 aromatic carbocycles. The van der Waals surface area contributed by atoms with E-state index in [4.69, 9.17) is 15.8 Å². The number of benzene rings is 2. The molecule has 0 unspecified atom stereocenters. The molecule has 134 valence electrons. The van der Waals surface area contributed by atoms with Crippen LogP contribution in [0.3, 0.4) is 0 Å². The van der Waals surface area contributed by atoms with Crippen LogP contribution in [0.15, 0.2) is 52.7 Å². The molecular formula is C16H11ClN2O5S2. The molecule has 0 atom stereocenters. The predicted octanol–water partition coefficient (Wildman–Crippen LogP) is 4.45. The van der Waals surface area contributed by atoms with Crippen molar-refractivity contribution in [3.8, 4) is 16.3 Å². The summed E-state index contributed by atoms with van der Waals surface area (Å²) in [6.07, 6.45) is 0. The Morgan fingerprint density at radius 1 is 1.19 bits per heavy atom. The highest BCUT2D eigenvalue weighted by atomic mass is 35.5. The third kappa shape index (κ3) is 3.85. The minimum atomic E-state index is -4.39. The van der Waals surface area contributed by atoms with Crippen molar-refractivity contribution in [3.05, 3.63) is 68.7 Å². The fraction of sp³-hybridized carbons (Fsp3) is 0.0625. The first kappa shape index (κ1) is 18.3. The second-order valence-corrected chi connectivity index (χ2v) is 8.03. The number of nitro groups is 1. The van der Waals surface area contributed by atoms with Crippen LogP contribution in [0.5, 0.6) is 5.75 Å². The van der Waals surface area contributed by atoms with Gasteiger partial charge in [0.15, 0.2) is 4.90 Å². The molecule has 26 heavy (non-hydrogen) atoms. The van der Waals surface area contributed by atoms with E-state index >= 15 is 0 Å². The van der Waals surface area contributed by atoms with E-state index in [1.807, 2.05) is 12.3 Å². The first-order valence-electron chi connectivity index (χ1n) is 7.17. The van der Waals surface area contributed by atoms with Crippen molar-refractivity contribution >= 4 is 38.7 Å². The molecule has 3 rings (SSSR count). The van der Waals surface area contributed by atoms with Gasteiger partial charge in [-0.05, 0) is 43.3 Å². The zero-order valence-electron chi connectivity index (χ0n) is 13.2. The van der Waals surface area contributed by atoms with Gasteiger partial charge in [-0.15, -0.1) is 11.3 Å². The maximum absolute atomic E-state index is 12.4. The summed E-state index contributed by atoms with van der Waals surface area (Å²) in [7, 11) is -4.39. The number of hydrogen-bond acceptors (Lipinski definition) is 7. The monoisotopic (exact) mass is 410 g/mol. The van der Waals surface area contributed by atoms with Gasteiger partial charge in [0.25, 0.3) is 5.69 Å². The van der Waals surface area contributed by atoms with Crippen LogP contribution in [-0.2, 0) is 10.1 Å². The SMILES string of the molecule is Cc1csc(-c2ccc(OS(=O)(=O)c3ccc(Cl)cc3[N+](=O)[O-])cc2)n1. The first-order valence-corrected chi connectivity index (χ1v) is 9.84. The lowest BCUT2D eigenvalue weighted by molar-refractivity contribution is -0.387. The van der Waals surface area contributed by atoms with Gasteiger partial charge in [0.2, 0.25) is 0 Å². The topological polar surface area (TPSA) is 99.4 Å². The van der Waals surface area contributed by atoms with E-state index in [0.717, 1.165) is 28.4 Å². The van der Waals surface area contributed by atoms with Crippen LogP contribution in [0.2, 0.25) is 5.02 Å². The van der Waals surface area contributed by atoms with Crippen molar-refractivity contribution in [2.75, 3.05) is 0 Å². The van der Waals surface area contributed by atoms with Crippen LogP contribution in [0.25, 0.3) is 10.6 Å². The van der Waals surface area contributed by atoms with Gasteiger partial charge in [-0.1, -0.05) is 11.6 Å². The van der Waals surface area contributed by atoms with Crippen LogP contribution in [-0.4, -0.2) is 18.3 Å². The molecule has 0 spiro atoms. The van der Waals surface area contributed by atoms with Crippen LogP contribution in [0.4, 0.5) is 5.69 Å². The maximum atomic E-state index is 12.4. The highest BCUT2D eigenvalue weighted by Crippen LogP contribution is 2.31. The molecule has 0 aliphatic carbocycles. The maximum Gasteiger partial charge on any atom is 0.346 e. The van der Waals surface area contributed by atoms with Crippen molar-refractivity contribution in [1.82, 2.24) is 4.98 Å².